The zero-order chi connectivity index (χ0) is 19.4. The number of hydrogen-bond donors (Lipinski definition) is 1. The highest BCUT2D eigenvalue weighted by molar-refractivity contribution is 5.94. The molecular formula is C18H18N4O5. The lowest BCUT2D eigenvalue weighted by molar-refractivity contribution is -0.385. The summed E-state index contributed by atoms with van der Waals surface area (Å²) in [6.07, 6.45) is 1.53. The number of benzene rings is 1. The minimum atomic E-state index is -0.520. The van der Waals surface area contributed by atoms with Gasteiger partial charge in [-0.25, -0.2) is 4.68 Å². The molecule has 0 aliphatic rings. The van der Waals surface area contributed by atoms with E-state index in [1.165, 1.54) is 23.1 Å². The van der Waals surface area contributed by atoms with Crippen molar-refractivity contribution < 1.29 is 18.9 Å². The van der Waals surface area contributed by atoms with Crippen molar-refractivity contribution in [1.82, 2.24) is 15.1 Å². The summed E-state index contributed by atoms with van der Waals surface area (Å²) in [5.74, 6) is 0.605. The molecule has 140 valence electrons. The van der Waals surface area contributed by atoms with Gasteiger partial charge in [0, 0.05) is 18.2 Å². The fourth-order valence-electron chi connectivity index (χ4n) is 2.56. The largest absolute Gasteiger partial charge is 0.467 e. The third-order valence-corrected chi connectivity index (χ3v) is 3.92. The molecule has 3 rings (SSSR count). The van der Waals surface area contributed by atoms with Crippen molar-refractivity contribution in [2.24, 2.45) is 0 Å². The Kier molecular flexibility index (Phi) is 5.20. The molecule has 0 atom stereocenters. The number of rotatable bonds is 7. The van der Waals surface area contributed by atoms with Crippen molar-refractivity contribution in [2.45, 2.75) is 26.9 Å². The number of carbonyl (C=O) groups excluding carboxylic acids is 1. The zero-order valence-electron chi connectivity index (χ0n) is 14.8. The summed E-state index contributed by atoms with van der Waals surface area (Å²) in [6.45, 7) is 4.18. The number of nitrogens with zero attached hydrogens (tertiary/aromatic N) is 3. The number of nitro groups is 1. The van der Waals surface area contributed by atoms with Crippen LogP contribution in [0.25, 0.3) is 0 Å². The standard InChI is InChI=1S/C18H18N4O5/c1-3-21-18(27-15-9-5-4-8-14(15)22(24)25)12(2)16(20-21)17(23)19-11-13-7-6-10-26-13/h4-10H,3,11H2,1-2H3,(H,19,23). The summed E-state index contributed by atoms with van der Waals surface area (Å²) < 4.78 is 12.4. The molecule has 0 spiro atoms. The van der Waals surface area contributed by atoms with Gasteiger partial charge in [-0.3, -0.25) is 14.9 Å². The molecule has 2 aromatic heterocycles. The molecule has 0 unspecified atom stereocenters. The third-order valence-electron chi connectivity index (χ3n) is 3.92. The maximum absolute atomic E-state index is 12.5. The highest BCUT2D eigenvalue weighted by Gasteiger charge is 2.23. The average Bonchev–Trinajstić information content (AvgIpc) is 3.29. The van der Waals surface area contributed by atoms with Gasteiger partial charge in [0.2, 0.25) is 11.6 Å². The molecule has 0 saturated heterocycles. The van der Waals surface area contributed by atoms with Crippen molar-refractivity contribution in [2.75, 3.05) is 0 Å². The molecular weight excluding hydrogens is 352 g/mol. The van der Waals surface area contributed by atoms with Gasteiger partial charge in [0.05, 0.1) is 17.7 Å². The van der Waals surface area contributed by atoms with Gasteiger partial charge in [-0.2, -0.15) is 5.10 Å². The number of ether oxygens (including phenoxy) is 1. The minimum Gasteiger partial charge on any atom is -0.467 e. The molecule has 1 aromatic carbocycles. The summed E-state index contributed by atoms with van der Waals surface area (Å²) in [4.78, 5) is 23.2. The highest BCUT2D eigenvalue weighted by Crippen LogP contribution is 2.33. The maximum Gasteiger partial charge on any atom is 0.311 e. The smallest absolute Gasteiger partial charge is 0.311 e. The van der Waals surface area contributed by atoms with E-state index in [-0.39, 0.29) is 35.5 Å². The fourth-order valence-corrected chi connectivity index (χ4v) is 2.56. The van der Waals surface area contributed by atoms with Crippen molar-refractivity contribution in [3.63, 3.8) is 0 Å². The van der Waals surface area contributed by atoms with Gasteiger partial charge in [-0.15, -0.1) is 0 Å². The Morgan fingerprint density at radius 1 is 1.33 bits per heavy atom. The number of amides is 1. The van der Waals surface area contributed by atoms with Crippen LogP contribution in [0.1, 0.15) is 28.7 Å². The molecule has 27 heavy (non-hydrogen) atoms. The first kappa shape index (κ1) is 18.2. The summed E-state index contributed by atoms with van der Waals surface area (Å²) >= 11 is 0. The second kappa shape index (κ2) is 7.73. The van der Waals surface area contributed by atoms with Crippen LogP contribution in [0.15, 0.2) is 47.1 Å². The average molecular weight is 370 g/mol. The maximum atomic E-state index is 12.5. The van der Waals surface area contributed by atoms with Gasteiger partial charge >= 0.3 is 5.69 Å². The molecule has 0 aliphatic heterocycles. The normalized spacial score (nSPS) is 10.6. The molecule has 2 heterocycles. The summed E-state index contributed by atoms with van der Waals surface area (Å²) in [6, 6.07) is 9.54. The van der Waals surface area contributed by atoms with Crippen LogP contribution in [0.3, 0.4) is 0 Å². The Labute approximate surface area is 154 Å². The Hall–Kier alpha value is -3.62. The predicted molar refractivity (Wildman–Crippen MR) is 95.7 cm³/mol. The Balaban J connectivity index is 1.86. The quantitative estimate of drug-likeness (QED) is 0.503. The molecule has 0 fully saturated rings. The molecule has 0 bridgehead atoms. The second-order valence-electron chi connectivity index (χ2n) is 5.68. The van der Waals surface area contributed by atoms with Crippen molar-refractivity contribution in [3.05, 3.63) is 69.8 Å². The van der Waals surface area contributed by atoms with E-state index in [1.54, 1.807) is 31.2 Å². The van der Waals surface area contributed by atoms with Gasteiger partial charge in [0.15, 0.2) is 5.69 Å². The number of carbonyl (C=O) groups is 1. The van der Waals surface area contributed by atoms with Gasteiger partial charge in [0.1, 0.15) is 5.76 Å². The van der Waals surface area contributed by atoms with Gasteiger partial charge in [0.25, 0.3) is 5.91 Å². The van der Waals surface area contributed by atoms with Crippen molar-refractivity contribution in [1.29, 1.82) is 0 Å². The lowest BCUT2D eigenvalue weighted by Crippen LogP contribution is -2.23. The van der Waals surface area contributed by atoms with E-state index in [0.29, 0.717) is 17.9 Å². The Bertz CT molecular complexity index is 962. The fraction of sp³-hybridized carbons (Fsp3) is 0.222. The number of nitrogens with one attached hydrogen (secondary N) is 1. The number of aromatic nitrogens is 2. The molecule has 1 amide bonds. The monoisotopic (exact) mass is 370 g/mol. The van der Waals surface area contributed by atoms with Gasteiger partial charge < -0.3 is 14.5 Å². The number of aryl methyl sites for hydroxylation is 1. The Morgan fingerprint density at radius 2 is 2.11 bits per heavy atom. The highest BCUT2D eigenvalue weighted by atomic mass is 16.6. The Morgan fingerprint density at radius 3 is 2.78 bits per heavy atom. The van der Waals surface area contributed by atoms with E-state index < -0.39 is 4.92 Å². The van der Waals surface area contributed by atoms with Gasteiger partial charge in [-0.05, 0) is 32.0 Å². The van der Waals surface area contributed by atoms with E-state index in [9.17, 15) is 14.9 Å². The van der Waals surface area contributed by atoms with E-state index >= 15 is 0 Å². The lowest BCUT2D eigenvalue weighted by Gasteiger charge is -2.08. The van der Waals surface area contributed by atoms with Crippen LogP contribution in [0.5, 0.6) is 11.6 Å². The second-order valence-corrected chi connectivity index (χ2v) is 5.68. The van der Waals surface area contributed by atoms with Crippen LogP contribution in [0.4, 0.5) is 5.69 Å². The van der Waals surface area contributed by atoms with E-state index in [0.717, 1.165) is 0 Å². The zero-order valence-corrected chi connectivity index (χ0v) is 14.8. The topological polar surface area (TPSA) is 112 Å². The number of furan rings is 1. The van der Waals surface area contributed by atoms with Crippen LogP contribution in [0.2, 0.25) is 0 Å². The first-order chi connectivity index (χ1) is 13.0. The molecule has 3 aromatic rings. The first-order valence-corrected chi connectivity index (χ1v) is 8.30. The number of nitro benzene ring substituents is 1. The van der Waals surface area contributed by atoms with Gasteiger partial charge in [-0.1, -0.05) is 12.1 Å². The molecule has 0 radical (unpaired) electrons. The lowest BCUT2D eigenvalue weighted by atomic mass is 10.2. The summed E-state index contributed by atoms with van der Waals surface area (Å²) in [5, 5.41) is 18.2. The van der Waals surface area contributed by atoms with Crippen LogP contribution in [-0.2, 0) is 13.1 Å². The van der Waals surface area contributed by atoms with Crippen LogP contribution in [-0.4, -0.2) is 20.6 Å². The van der Waals surface area contributed by atoms with Crippen molar-refractivity contribution in [3.8, 4) is 11.6 Å². The number of para-hydroxylation sites is 2. The van der Waals surface area contributed by atoms with E-state index in [4.69, 9.17) is 9.15 Å². The van der Waals surface area contributed by atoms with E-state index in [1.807, 2.05) is 6.92 Å². The predicted octanol–water partition coefficient (Wildman–Crippen LogP) is 3.43. The van der Waals surface area contributed by atoms with E-state index in [2.05, 4.69) is 10.4 Å². The molecule has 0 aliphatic carbocycles. The number of hydrogen-bond acceptors (Lipinski definition) is 6. The summed E-state index contributed by atoms with van der Waals surface area (Å²) in [5.41, 5.74) is 0.522. The molecule has 1 N–H and O–H groups in total. The van der Waals surface area contributed by atoms with Crippen molar-refractivity contribution >= 4 is 11.6 Å². The van der Waals surface area contributed by atoms with Crippen LogP contribution in [0, 0.1) is 17.0 Å². The summed E-state index contributed by atoms with van der Waals surface area (Å²) in [7, 11) is 0. The minimum absolute atomic E-state index is 0.0859. The van der Waals surface area contributed by atoms with Crippen LogP contribution < -0.4 is 10.1 Å². The molecule has 9 nitrogen and oxygen atoms in total. The SMILES string of the molecule is CCn1nc(C(=O)NCc2ccco2)c(C)c1Oc1ccccc1[N+](=O)[O-]. The molecule has 9 heteroatoms. The molecule has 0 saturated carbocycles. The van der Waals surface area contributed by atoms with Crippen LogP contribution >= 0.6 is 0 Å². The third kappa shape index (κ3) is 3.81. The first-order valence-electron chi connectivity index (χ1n) is 8.30.